The number of anilines is 1. The molecule has 0 saturated heterocycles. The molecule has 0 saturated carbocycles. The third-order valence-electron chi connectivity index (χ3n) is 2.28. The molecule has 0 amide bonds. The maximum atomic E-state index is 3.96. The summed E-state index contributed by atoms with van der Waals surface area (Å²) in [4.78, 5) is 0. The van der Waals surface area contributed by atoms with E-state index in [0.717, 1.165) is 25.1 Å². The molecule has 1 N–H and O–H groups in total. The van der Waals surface area contributed by atoms with E-state index in [1.165, 1.54) is 0 Å². The molecule has 0 bridgehead atoms. The fourth-order valence-electron chi connectivity index (χ4n) is 1.42. The molecular formula is C11H15N5. The number of benzene rings is 1. The van der Waals surface area contributed by atoms with E-state index in [9.17, 15) is 0 Å². The lowest BCUT2D eigenvalue weighted by Gasteiger charge is -2.05. The Morgan fingerprint density at radius 1 is 1.25 bits per heavy atom. The lowest BCUT2D eigenvalue weighted by Crippen LogP contribution is -2.08. The second kappa shape index (κ2) is 5.25. The number of tetrazole rings is 1. The van der Waals surface area contributed by atoms with Gasteiger partial charge in [0.2, 0.25) is 5.95 Å². The number of hydrogen-bond acceptors (Lipinski definition) is 4. The molecule has 0 atom stereocenters. The van der Waals surface area contributed by atoms with Crippen molar-refractivity contribution in [1.29, 1.82) is 0 Å². The van der Waals surface area contributed by atoms with Crippen LogP contribution in [-0.2, 0) is 0 Å². The third-order valence-corrected chi connectivity index (χ3v) is 2.28. The predicted octanol–water partition coefficient (Wildman–Crippen LogP) is 1.87. The topological polar surface area (TPSA) is 55.6 Å². The number of rotatable bonds is 5. The maximum absolute atomic E-state index is 3.96. The van der Waals surface area contributed by atoms with Gasteiger partial charge in [-0.25, -0.2) is 0 Å². The largest absolute Gasteiger partial charge is 0.353 e. The molecule has 84 valence electrons. The number of hydrogen-bond donors (Lipinski definition) is 1. The molecule has 1 heterocycles. The van der Waals surface area contributed by atoms with Gasteiger partial charge in [0.1, 0.15) is 0 Å². The molecule has 5 heteroatoms. The van der Waals surface area contributed by atoms with Gasteiger partial charge in [0, 0.05) is 6.54 Å². The first kappa shape index (κ1) is 10.6. The SMILES string of the molecule is CCCCNc1nnnn1-c1ccccc1. The Labute approximate surface area is 94.5 Å². The average Bonchev–Trinajstić information content (AvgIpc) is 2.79. The first-order chi connectivity index (χ1) is 7.92. The fourth-order valence-corrected chi connectivity index (χ4v) is 1.42. The van der Waals surface area contributed by atoms with Crippen LogP contribution in [0.1, 0.15) is 19.8 Å². The smallest absolute Gasteiger partial charge is 0.247 e. The number of unbranched alkanes of at least 4 members (excludes halogenated alkanes) is 1. The minimum Gasteiger partial charge on any atom is -0.353 e. The highest BCUT2D eigenvalue weighted by Crippen LogP contribution is 2.10. The van der Waals surface area contributed by atoms with Crippen LogP contribution >= 0.6 is 0 Å². The second-order valence-corrected chi connectivity index (χ2v) is 3.53. The summed E-state index contributed by atoms with van der Waals surface area (Å²) >= 11 is 0. The second-order valence-electron chi connectivity index (χ2n) is 3.53. The van der Waals surface area contributed by atoms with Crippen LogP contribution in [0.15, 0.2) is 30.3 Å². The van der Waals surface area contributed by atoms with Crippen molar-refractivity contribution in [3.63, 3.8) is 0 Å². The molecule has 1 aromatic carbocycles. The average molecular weight is 217 g/mol. The highest BCUT2D eigenvalue weighted by atomic mass is 15.6. The van der Waals surface area contributed by atoms with Crippen molar-refractivity contribution in [1.82, 2.24) is 20.2 Å². The molecule has 0 spiro atoms. The molecule has 0 radical (unpaired) electrons. The standard InChI is InChI=1S/C11H15N5/c1-2-3-9-12-11-13-14-15-16(11)10-7-5-4-6-8-10/h4-8H,2-3,9H2,1H3,(H,12,13,15). The van der Waals surface area contributed by atoms with Gasteiger partial charge >= 0.3 is 0 Å². The number of nitrogens with zero attached hydrogens (tertiary/aromatic N) is 4. The van der Waals surface area contributed by atoms with Crippen LogP contribution in [-0.4, -0.2) is 26.8 Å². The van der Waals surface area contributed by atoms with Gasteiger partial charge in [-0.1, -0.05) is 36.6 Å². The van der Waals surface area contributed by atoms with E-state index >= 15 is 0 Å². The van der Waals surface area contributed by atoms with Gasteiger partial charge in [0.25, 0.3) is 0 Å². The van der Waals surface area contributed by atoms with Gasteiger partial charge in [-0.15, -0.1) is 0 Å². The van der Waals surface area contributed by atoms with Gasteiger partial charge in [0.15, 0.2) is 0 Å². The summed E-state index contributed by atoms with van der Waals surface area (Å²) in [5.41, 5.74) is 0.964. The summed E-state index contributed by atoms with van der Waals surface area (Å²) in [6.07, 6.45) is 2.27. The number of para-hydroxylation sites is 1. The minimum atomic E-state index is 0.694. The van der Waals surface area contributed by atoms with Crippen molar-refractivity contribution in [3.05, 3.63) is 30.3 Å². The summed E-state index contributed by atoms with van der Waals surface area (Å²) in [7, 11) is 0. The molecule has 5 nitrogen and oxygen atoms in total. The normalized spacial score (nSPS) is 10.3. The zero-order valence-corrected chi connectivity index (χ0v) is 9.30. The fraction of sp³-hybridized carbons (Fsp3) is 0.364. The van der Waals surface area contributed by atoms with Crippen LogP contribution in [0.2, 0.25) is 0 Å². The Hall–Kier alpha value is -1.91. The molecule has 2 aromatic rings. The lowest BCUT2D eigenvalue weighted by atomic mass is 10.3. The van der Waals surface area contributed by atoms with E-state index in [1.54, 1.807) is 4.68 Å². The van der Waals surface area contributed by atoms with E-state index in [1.807, 2.05) is 30.3 Å². The van der Waals surface area contributed by atoms with Crippen LogP contribution < -0.4 is 5.32 Å². The van der Waals surface area contributed by atoms with Crippen molar-refractivity contribution in [2.24, 2.45) is 0 Å². The van der Waals surface area contributed by atoms with E-state index in [0.29, 0.717) is 5.95 Å². The van der Waals surface area contributed by atoms with Gasteiger partial charge in [-0.05, 0) is 29.0 Å². The summed E-state index contributed by atoms with van der Waals surface area (Å²) in [6, 6.07) is 9.85. The number of aromatic nitrogens is 4. The summed E-state index contributed by atoms with van der Waals surface area (Å²) in [6.45, 7) is 3.05. The zero-order chi connectivity index (χ0) is 11.2. The van der Waals surface area contributed by atoms with Crippen LogP contribution in [0.3, 0.4) is 0 Å². The summed E-state index contributed by atoms with van der Waals surface area (Å²) < 4.78 is 1.70. The van der Waals surface area contributed by atoms with Gasteiger partial charge in [0.05, 0.1) is 5.69 Å². The molecule has 1 aromatic heterocycles. The van der Waals surface area contributed by atoms with Crippen LogP contribution in [0.25, 0.3) is 5.69 Å². The van der Waals surface area contributed by atoms with Crippen LogP contribution in [0.4, 0.5) is 5.95 Å². The quantitative estimate of drug-likeness (QED) is 0.777. The Bertz CT molecular complexity index is 423. The Morgan fingerprint density at radius 2 is 2.06 bits per heavy atom. The molecule has 0 aliphatic heterocycles. The first-order valence-electron chi connectivity index (χ1n) is 5.49. The zero-order valence-electron chi connectivity index (χ0n) is 9.30. The molecule has 0 unspecified atom stereocenters. The number of nitrogens with one attached hydrogen (secondary N) is 1. The van der Waals surface area contributed by atoms with Crippen molar-refractivity contribution in [2.45, 2.75) is 19.8 Å². The van der Waals surface area contributed by atoms with E-state index in [-0.39, 0.29) is 0 Å². The minimum absolute atomic E-state index is 0.694. The molecule has 16 heavy (non-hydrogen) atoms. The lowest BCUT2D eigenvalue weighted by molar-refractivity contribution is 0.782. The van der Waals surface area contributed by atoms with Crippen molar-refractivity contribution < 1.29 is 0 Å². The first-order valence-corrected chi connectivity index (χ1v) is 5.49. The highest BCUT2D eigenvalue weighted by Gasteiger charge is 2.05. The monoisotopic (exact) mass is 217 g/mol. The van der Waals surface area contributed by atoms with Crippen LogP contribution in [0, 0.1) is 0 Å². The summed E-state index contributed by atoms with van der Waals surface area (Å²) in [5, 5.41) is 14.8. The Morgan fingerprint density at radius 3 is 2.81 bits per heavy atom. The molecule has 0 aliphatic carbocycles. The van der Waals surface area contributed by atoms with E-state index < -0.39 is 0 Å². The van der Waals surface area contributed by atoms with Crippen molar-refractivity contribution in [3.8, 4) is 5.69 Å². The predicted molar refractivity (Wildman–Crippen MR) is 62.6 cm³/mol. The van der Waals surface area contributed by atoms with Crippen molar-refractivity contribution in [2.75, 3.05) is 11.9 Å². The maximum Gasteiger partial charge on any atom is 0.247 e. The Balaban J connectivity index is 2.13. The van der Waals surface area contributed by atoms with Gasteiger partial charge in [-0.2, -0.15) is 4.68 Å². The molecule has 0 aliphatic rings. The van der Waals surface area contributed by atoms with Crippen molar-refractivity contribution >= 4 is 5.95 Å². The summed E-state index contributed by atoms with van der Waals surface area (Å²) in [5.74, 6) is 0.694. The van der Waals surface area contributed by atoms with E-state index in [2.05, 4.69) is 27.8 Å². The van der Waals surface area contributed by atoms with Gasteiger partial charge in [-0.3, -0.25) is 0 Å². The van der Waals surface area contributed by atoms with Gasteiger partial charge < -0.3 is 5.32 Å². The highest BCUT2D eigenvalue weighted by molar-refractivity contribution is 5.38. The Kier molecular flexibility index (Phi) is 3.48. The van der Waals surface area contributed by atoms with Crippen LogP contribution in [0.5, 0.6) is 0 Å². The van der Waals surface area contributed by atoms with E-state index in [4.69, 9.17) is 0 Å². The molecular weight excluding hydrogens is 202 g/mol. The molecule has 0 fully saturated rings. The third kappa shape index (κ3) is 2.36. The molecule has 2 rings (SSSR count).